The van der Waals surface area contributed by atoms with Gasteiger partial charge in [-0.15, -0.1) is 0 Å². The van der Waals surface area contributed by atoms with Crippen LogP contribution in [0.4, 0.5) is 0 Å². The lowest BCUT2D eigenvalue weighted by Gasteiger charge is -2.03. The molecule has 2 heteroatoms. The van der Waals surface area contributed by atoms with Gasteiger partial charge in [0.15, 0.2) is 5.90 Å². The minimum Gasteiger partial charge on any atom is -0.484 e. The minimum atomic E-state index is 0.707. The molecule has 0 unspecified atom stereocenters. The molecule has 1 aromatic carbocycles. The van der Waals surface area contributed by atoms with Gasteiger partial charge in [-0.1, -0.05) is 43.8 Å². The highest BCUT2D eigenvalue weighted by molar-refractivity contribution is 5.82. The van der Waals surface area contributed by atoms with Crippen LogP contribution in [0.25, 0.3) is 5.70 Å². The summed E-state index contributed by atoms with van der Waals surface area (Å²) in [6.07, 6.45) is 0.780. The molecule has 0 bridgehead atoms. The third kappa shape index (κ3) is 2.73. The minimum absolute atomic E-state index is 0.707. The molecule has 0 aliphatic heterocycles. The summed E-state index contributed by atoms with van der Waals surface area (Å²) < 4.78 is 5.08. The van der Waals surface area contributed by atoms with E-state index in [1.165, 1.54) is 0 Å². The SMILES string of the molecule is C=C(N=C(CC)OC)c1ccccc1. The molecule has 0 aliphatic rings. The summed E-state index contributed by atoms with van der Waals surface area (Å²) in [5, 5.41) is 0. The number of hydrogen-bond acceptors (Lipinski definition) is 2. The molecular weight excluding hydrogens is 174 g/mol. The van der Waals surface area contributed by atoms with Gasteiger partial charge in [-0.05, 0) is 5.56 Å². The van der Waals surface area contributed by atoms with Crippen molar-refractivity contribution in [2.45, 2.75) is 13.3 Å². The molecule has 0 saturated carbocycles. The molecule has 0 spiro atoms. The third-order valence-electron chi connectivity index (χ3n) is 1.90. The second-order valence-corrected chi connectivity index (χ2v) is 2.88. The van der Waals surface area contributed by atoms with Crippen molar-refractivity contribution >= 4 is 11.6 Å². The van der Waals surface area contributed by atoms with E-state index in [0.29, 0.717) is 5.90 Å². The normalized spacial score (nSPS) is 11.1. The van der Waals surface area contributed by atoms with Crippen LogP contribution in [-0.2, 0) is 4.74 Å². The Hall–Kier alpha value is -1.57. The Morgan fingerprint density at radius 2 is 2.00 bits per heavy atom. The number of aliphatic imine (C=N–C) groups is 1. The van der Waals surface area contributed by atoms with Crippen LogP contribution >= 0.6 is 0 Å². The monoisotopic (exact) mass is 189 g/mol. The first kappa shape index (κ1) is 10.5. The number of ether oxygens (including phenoxy) is 1. The highest BCUT2D eigenvalue weighted by Crippen LogP contribution is 2.13. The van der Waals surface area contributed by atoms with Crippen molar-refractivity contribution in [2.24, 2.45) is 4.99 Å². The molecule has 2 nitrogen and oxygen atoms in total. The predicted octanol–water partition coefficient (Wildman–Crippen LogP) is 3.11. The predicted molar refractivity (Wildman–Crippen MR) is 60.2 cm³/mol. The topological polar surface area (TPSA) is 21.6 Å². The second kappa shape index (κ2) is 5.22. The molecule has 0 aliphatic carbocycles. The Labute approximate surface area is 84.9 Å². The fraction of sp³-hybridized carbons (Fsp3) is 0.250. The smallest absolute Gasteiger partial charge is 0.187 e. The van der Waals surface area contributed by atoms with Gasteiger partial charge in [-0.2, -0.15) is 0 Å². The fourth-order valence-corrected chi connectivity index (χ4v) is 1.11. The summed E-state index contributed by atoms with van der Waals surface area (Å²) in [5.41, 5.74) is 1.76. The molecule has 0 atom stereocenters. The first-order chi connectivity index (χ1) is 6.77. The molecule has 0 N–H and O–H groups in total. The first-order valence-corrected chi connectivity index (χ1v) is 4.63. The van der Waals surface area contributed by atoms with Gasteiger partial charge in [0.2, 0.25) is 0 Å². The lowest BCUT2D eigenvalue weighted by atomic mass is 10.2. The number of rotatable bonds is 3. The van der Waals surface area contributed by atoms with Gasteiger partial charge in [0.05, 0.1) is 12.8 Å². The van der Waals surface area contributed by atoms with E-state index in [1.54, 1.807) is 7.11 Å². The molecule has 74 valence electrons. The highest BCUT2D eigenvalue weighted by Gasteiger charge is 1.98. The molecule has 0 fully saturated rings. The molecule has 0 heterocycles. The van der Waals surface area contributed by atoms with Gasteiger partial charge >= 0.3 is 0 Å². The summed E-state index contributed by atoms with van der Waals surface area (Å²) in [5.74, 6) is 0.707. The van der Waals surface area contributed by atoms with Crippen molar-refractivity contribution in [3.63, 3.8) is 0 Å². The maximum absolute atomic E-state index is 5.08. The van der Waals surface area contributed by atoms with Crippen molar-refractivity contribution in [2.75, 3.05) is 7.11 Å². The fourth-order valence-electron chi connectivity index (χ4n) is 1.11. The second-order valence-electron chi connectivity index (χ2n) is 2.88. The van der Waals surface area contributed by atoms with Crippen molar-refractivity contribution in [1.82, 2.24) is 0 Å². The molecule has 1 rings (SSSR count). The van der Waals surface area contributed by atoms with Gasteiger partial charge in [0, 0.05) is 6.42 Å². The van der Waals surface area contributed by atoms with Crippen molar-refractivity contribution in [3.8, 4) is 0 Å². The highest BCUT2D eigenvalue weighted by atomic mass is 16.5. The van der Waals surface area contributed by atoms with Crippen molar-refractivity contribution < 1.29 is 4.74 Å². The van der Waals surface area contributed by atoms with Crippen LogP contribution in [0.1, 0.15) is 18.9 Å². The maximum atomic E-state index is 5.08. The van der Waals surface area contributed by atoms with E-state index < -0.39 is 0 Å². The van der Waals surface area contributed by atoms with Gasteiger partial charge in [0.25, 0.3) is 0 Å². The quantitative estimate of drug-likeness (QED) is 0.529. The molecule has 1 aromatic rings. The third-order valence-corrected chi connectivity index (χ3v) is 1.90. The number of hydrogen-bond donors (Lipinski definition) is 0. The summed E-state index contributed by atoms with van der Waals surface area (Å²) >= 11 is 0. The summed E-state index contributed by atoms with van der Waals surface area (Å²) in [7, 11) is 1.63. The van der Waals surface area contributed by atoms with Crippen LogP contribution in [0.3, 0.4) is 0 Å². The van der Waals surface area contributed by atoms with E-state index in [1.807, 2.05) is 37.3 Å². The zero-order chi connectivity index (χ0) is 10.4. The van der Waals surface area contributed by atoms with Crippen LogP contribution in [0.5, 0.6) is 0 Å². The average molecular weight is 189 g/mol. The zero-order valence-corrected chi connectivity index (χ0v) is 8.66. The van der Waals surface area contributed by atoms with Crippen LogP contribution in [-0.4, -0.2) is 13.0 Å². The first-order valence-electron chi connectivity index (χ1n) is 4.63. The van der Waals surface area contributed by atoms with Gasteiger partial charge < -0.3 is 4.74 Å². The molecular formula is C12H15NO. The van der Waals surface area contributed by atoms with E-state index in [2.05, 4.69) is 11.6 Å². The Balaban J connectivity index is 2.82. The largest absolute Gasteiger partial charge is 0.484 e. The Kier molecular flexibility index (Phi) is 3.92. The lowest BCUT2D eigenvalue weighted by molar-refractivity contribution is 0.393. The van der Waals surface area contributed by atoms with Gasteiger partial charge in [-0.25, -0.2) is 4.99 Å². The Bertz CT molecular complexity index is 321. The van der Waals surface area contributed by atoms with E-state index in [-0.39, 0.29) is 0 Å². The number of methoxy groups -OCH3 is 1. The number of nitrogens with zero attached hydrogens (tertiary/aromatic N) is 1. The van der Waals surface area contributed by atoms with Crippen LogP contribution < -0.4 is 0 Å². The molecule has 0 amide bonds. The summed E-state index contributed by atoms with van der Waals surface area (Å²) in [4.78, 5) is 4.28. The lowest BCUT2D eigenvalue weighted by Crippen LogP contribution is -1.98. The average Bonchev–Trinajstić information content (AvgIpc) is 2.26. The Morgan fingerprint density at radius 1 is 1.36 bits per heavy atom. The van der Waals surface area contributed by atoms with E-state index in [9.17, 15) is 0 Å². The molecule has 0 aromatic heterocycles. The summed E-state index contributed by atoms with van der Waals surface area (Å²) in [6.45, 7) is 5.89. The van der Waals surface area contributed by atoms with Crippen LogP contribution in [0, 0.1) is 0 Å². The molecule has 0 saturated heterocycles. The number of benzene rings is 1. The van der Waals surface area contributed by atoms with Gasteiger partial charge in [0.1, 0.15) is 0 Å². The van der Waals surface area contributed by atoms with Crippen molar-refractivity contribution in [3.05, 3.63) is 42.5 Å². The van der Waals surface area contributed by atoms with Crippen LogP contribution in [0.15, 0.2) is 41.9 Å². The van der Waals surface area contributed by atoms with Crippen molar-refractivity contribution in [1.29, 1.82) is 0 Å². The van der Waals surface area contributed by atoms with E-state index >= 15 is 0 Å². The summed E-state index contributed by atoms with van der Waals surface area (Å²) in [6, 6.07) is 9.87. The molecule has 0 radical (unpaired) electrons. The maximum Gasteiger partial charge on any atom is 0.187 e. The standard InChI is InChI=1S/C12H15NO/c1-4-12(14-3)13-10(2)11-8-6-5-7-9-11/h5-9H,2,4H2,1,3H3. The van der Waals surface area contributed by atoms with E-state index in [0.717, 1.165) is 17.7 Å². The van der Waals surface area contributed by atoms with Crippen LogP contribution in [0.2, 0.25) is 0 Å². The Morgan fingerprint density at radius 3 is 2.50 bits per heavy atom. The molecule has 14 heavy (non-hydrogen) atoms. The van der Waals surface area contributed by atoms with Gasteiger partial charge in [-0.3, -0.25) is 0 Å². The van der Waals surface area contributed by atoms with E-state index in [4.69, 9.17) is 4.74 Å². The zero-order valence-electron chi connectivity index (χ0n) is 8.66.